The molecule has 0 bridgehead atoms. The van der Waals surface area contributed by atoms with Crippen molar-refractivity contribution in [1.82, 2.24) is 14.4 Å². The van der Waals surface area contributed by atoms with Gasteiger partial charge >= 0.3 is 5.97 Å². The van der Waals surface area contributed by atoms with Crippen LogP contribution in [0.4, 0.5) is 0 Å². The summed E-state index contributed by atoms with van der Waals surface area (Å²) in [5.74, 6) is -1.06. The molecule has 0 aliphatic heterocycles. The molecular formula is C21H19N3O2. The maximum atomic E-state index is 11.2. The molecule has 0 radical (unpaired) electrons. The lowest BCUT2D eigenvalue weighted by Gasteiger charge is -2.19. The first-order valence-electron chi connectivity index (χ1n) is 8.45. The highest BCUT2D eigenvalue weighted by Gasteiger charge is 2.16. The third-order valence-electron chi connectivity index (χ3n) is 4.59. The molecule has 0 saturated carbocycles. The second-order valence-corrected chi connectivity index (χ2v) is 7.41. The van der Waals surface area contributed by atoms with E-state index in [-0.39, 0.29) is 11.1 Å². The third-order valence-corrected chi connectivity index (χ3v) is 4.59. The Kier molecular flexibility index (Phi) is 3.54. The van der Waals surface area contributed by atoms with Crippen molar-refractivity contribution in [3.63, 3.8) is 0 Å². The molecule has 5 heteroatoms. The van der Waals surface area contributed by atoms with E-state index in [1.807, 2.05) is 22.7 Å². The number of hydrogen-bond acceptors (Lipinski definition) is 3. The van der Waals surface area contributed by atoms with Gasteiger partial charge in [-0.15, -0.1) is 0 Å². The lowest BCUT2D eigenvalue weighted by atomic mass is 9.86. The zero-order valence-electron chi connectivity index (χ0n) is 14.9. The molecule has 130 valence electrons. The van der Waals surface area contributed by atoms with Gasteiger partial charge in [-0.05, 0) is 29.2 Å². The predicted octanol–water partition coefficient (Wildman–Crippen LogP) is 4.55. The van der Waals surface area contributed by atoms with E-state index in [1.54, 1.807) is 6.20 Å². The molecular weight excluding hydrogens is 326 g/mol. The van der Waals surface area contributed by atoms with Gasteiger partial charge in [0.15, 0.2) is 0 Å². The van der Waals surface area contributed by atoms with Crippen LogP contribution >= 0.6 is 0 Å². The SMILES string of the molecule is CC(C)(C)c1ccc(-c2nc3cc(C(=O)O)ncc3n3cccc23)cc1. The van der Waals surface area contributed by atoms with Crippen LogP contribution < -0.4 is 0 Å². The molecule has 1 N–H and O–H groups in total. The van der Waals surface area contributed by atoms with Gasteiger partial charge in [-0.25, -0.2) is 14.8 Å². The van der Waals surface area contributed by atoms with E-state index in [4.69, 9.17) is 4.98 Å². The fraction of sp³-hybridized carbons (Fsp3) is 0.190. The van der Waals surface area contributed by atoms with Crippen molar-refractivity contribution in [1.29, 1.82) is 0 Å². The highest BCUT2D eigenvalue weighted by molar-refractivity contribution is 5.92. The second kappa shape index (κ2) is 5.66. The van der Waals surface area contributed by atoms with Gasteiger partial charge in [0, 0.05) is 11.8 Å². The number of pyridine rings is 1. The summed E-state index contributed by atoms with van der Waals surface area (Å²) in [7, 11) is 0. The van der Waals surface area contributed by atoms with Gasteiger partial charge in [0.2, 0.25) is 0 Å². The zero-order chi connectivity index (χ0) is 18.5. The van der Waals surface area contributed by atoms with Gasteiger partial charge in [0.1, 0.15) is 5.69 Å². The van der Waals surface area contributed by atoms with Gasteiger partial charge < -0.3 is 9.51 Å². The standard InChI is InChI=1S/C21H19N3O2/c1-21(2,3)14-8-6-13(7-9-14)19-17-5-4-10-24(17)18-12-22-16(20(25)26)11-15(18)23-19/h4-12H,1-3H3,(H,25,26). The normalized spacial score (nSPS) is 12.0. The van der Waals surface area contributed by atoms with Crippen LogP contribution in [-0.2, 0) is 5.41 Å². The van der Waals surface area contributed by atoms with Crippen LogP contribution in [0.1, 0.15) is 36.8 Å². The van der Waals surface area contributed by atoms with Crippen LogP contribution in [-0.4, -0.2) is 25.4 Å². The minimum atomic E-state index is -1.06. The van der Waals surface area contributed by atoms with Crippen molar-refractivity contribution < 1.29 is 9.90 Å². The van der Waals surface area contributed by atoms with Crippen molar-refractivity contribution in [3.8, 4) is 11.3 Å². The van der Waals surface area contributed by atoms with Crippen molar-refractivity contribution >= 4 is 22.5 Å². The van der Waals surface area contributed by atoms with E-state index >= 15 is 0 Å². The Morgan fingerprint density at radius 2 is 1.81 bits per heavy atom. The molecule has 1 aromatic carbocycles. The number of aromatic carboxylic acids is 1. The molecule has 0 atom stereocenters. The molecule has 0 saturated heterocycles. The summed E-state index contributed by atoms with van der Waals surface area (Å²) < 4.78 is 1.99. The van der Waals surface area contributed by atoms with Crippen molar-refractivity contribution in [3.05, 3.63) is 66.1 Å². The maximum absolute atomic E-state index is 11.2. The van der Waals surface area contributed by atoms with Crippen LogP contribution in [0, 0.1) is 0 Å². The fourth-order valence-corrected chi connectivity index (χ4v) is 3.13. The molecule has 0 fully saturated rings. The van der Waals surface area contributed by atoms with Crippen LogP contribution in [0.3, 0.4) is 0 Å². The Hall–Kier alpha value is -3.21. The molecule has 0 unspecified atom stereocenters. The number of aromatic nitrogens is 3. The molecule has 3 aromatic heterocycles. The number of fused-ring (bicyclic) bond motifs is 3. The van der Waals surface area contributed by atoms with Gasteiger partial charge in [0.05, 0.1) is 28.4 Å². The number of benzene rings is 1. The number of carbonyl (C=O) groups is 1. The zero-order valence-corrected chi connectivity index (χ0v) is 14.9. The molecule has 26 heavy (non-hydrogen) atoms. The lowest BCUT2D eigenvalue weighted by Crippen LogP contribution is -2.10. The van der Waals surface area contributed by atoms with Crippen LogP contribution in [0.25, 0.3) is 27.8 Å². The van der Waals surface area contributed by atoms with E-state index < -0.39 is 5.97 Å². The number of nitrogens with zero attached hydrogens (tertiary/aromatic N) is 3. The Labute approximate surface area is 151 Å². The summed E-state index contributed by atoms with van der Waals surface area (Å²) in [6.07, 6.45) is 3.50. The van der Waals surface area contributed by atoms with Gasteiger partial charge in [-0.3, -0.25) is 0 Å². The highest BCUT2D eigenvalue weighted by Crippen LogP contribution is 2.29. The van der Waals surface area contributed by atoms with Gasteiger partial charge in [0.25, 0.3) is 0 Å². The quantitative estimate of drug-likeness (QED) is 0.579. The Balaban J connectivity index is 1.95. The van der Waals surface area contributed by atoms with Crippen LogP contribution in [0.5, 0.6) is 0 Å². The van der Waals surface area contributed by atoms with Crippen molar-refractivity contribution in [2.45, 2.75) is 26.2 Å². The minimum Gasteiger partial charge on any atom is -0.477 e. The van der Waals surface area contributed by atoms with E-state index in [1.165, 1.54) is 11.6 Å². The molecule has 0 spiro atoms. The Morgan fingerprint density at radius 3 is 2.46 bits per heavy atom. The Bertz CT molecular complexity index is 1140. The number of carboxylic acid groups (broad SMARTS) is 1. The first kappa shape index (κ1) is 16.3. The maximum Gasteiger partial charge on any atom is 0.354 e. The third kappa shape index (κ3) is 2.62. The van der Waals surface area contributed by atoms with Crippen molar-refractivity contribution in [2.24, 2.45) is 0 Å². The summed E-state index contributed by atoms with van der Waals surface area (Å²) in [6.45, 7) is 6.55. The monoisotopic (exact) mass is 345 g/mol. The van der Waals surface area contributed by atoms with Gasteiger partial charge in [-0.2, -0.15) is 0 Å². The number of carboxylic acids is 1. The molecule has 4 rings (SSSR count). The van der Waals surface area contributed by atoms with Gasteiger partial charge in [-0.1, -0.05) is 45.0 Å². The van der Waals surface area contributed by atoms with E-state index in [0.717, 1.165) is 22.3 Å². The fourth-order valence-electron chi connectivity index (χ4n) is 3.13. The average Bonchev–Trinajstić information content (AvgIpc) is 3.09. The molecule has 0 amide bonds. The molecule has 3 heterocycles. The first-order valence-corrected chi connectivity index (χ1v) is 8.45. The second-order valence-electron chi connectivity index (χ2n) is 7.41. The molecule has 0 aliphatic carbocycles. The topological polar surface area (TPSA) is 67.5 Å². The summed E-state index contributed by atoms with van der Waals surface area (Å²) >= 11 is 0. The lowest BCUT2D eigenvalue weighted by molar-refractivity contribution is 0.0690. The predicted molar refractivity (Wildman–Crippen MR) is 102 cm³/mol. The van der Waals surface area contributed by atoms with Crippen LogP contribution in [0.15, 0.2) is 54.9 Å². The summed E-state index contributed by atoms with van der Waals surface area (Å²) in [5, 5.41) is 9.21. The largest absolute Gasteiger partial charge is 0.477 e. The van der Waals surface area contributed by atoms with Crippen molar-refractivity contribution in [2.75, 3.05) is 0 Å². The minimum absolute atomic E-state index is 0.00876. The smallest absolute Gasteiger partial charge is 0.354 e. The molecule has 5 nitrogen and oxygen atoms in total. The van der Waals surface area contributed by atoms with E-state index in [9.17, 15) is 9.90 Å². The first-order chi connectivity index (χ1) is 12.3. The summed E-state index contributed by atoms with van der Waals surface area (Å²) in [5.41, 5.74) is 5.51. The molecule has 0 aliphatic rings. The highest BCUT2D eigenvalue weighted by atomic mass is 16.4. The molecule has 4 aromatic rings. The summed E-state index contributed by atoms with van der Waals surface area (Å²) in [4.78, 5) is 20.0. The average molecular weight is 345 g/mol. The van der Waals surface area contributed by atoms with E-state index in [0.29, 0.717) is 5.52 Å². The summed E-state index contributed by atoms with van der Waals surface area (Å²) in [6, 6.07) is 13.9. The van der Waals surface area contributed by atoms with Crippen LogP contribution in [0.2, 0.25) is 0 Å². The number of rotatable bonds is 2. The van der Waals surface area contributed by atoms with E-state index in [2.05, 4.69) is 50.0 Å². The Morgan fingerprint density at radius 1 is 1.08 bits per heavy atom. The number of hydrogen-bond donors (Lipinski definition) is 1.